The van der Waals surface area contributed by atoms with Gasteiger partial charge in [-0.1, -0.05) is 12.1 Å². The summed E-state index contributed by atoms with van der Waals surface area (Å²) in [5.74, 6) is -2.11. The third-order valence-corrected chi connectivity index (χ3v) is 4.70. The molecule has 4 N–H and O–H groups in total. The SMILES string of the molecule is Nc1ccc([N+](=O)[O-])cc1C(=O)NN1C(=O)c2ccccc2NC1c1ccc([N+](=O)[O-])o1. The largest absolute Gasteiger partial charge is 0.433 e. The first kappa shape index (κ1) is 20.3. The van der Waals surface area contributed by atoms with Crippen LogP contribution in [0.1, 0.15) is 32.6 Å². The van der Waals surface area contributed by atoms with E-state index in [1.807, 2.05) is 0 Å². The van der Waals surface area contributed by atoms with Crippen LogP contribution in [0.4, 0.5) is 22.9 Å². The number of furan rings is 1. The van der Waals surface area contributed by atoms with Crippen molar-refractivity contribution in [2.45, 2.75) is 6.17 Å². The van der Waals surface area contributed by atoms with Crippen LogP contribution in [0.15, 0.2) is 59.0 Å². The Morgan fingerprint density at radius 1 is 1.09 bits per heavy atom. The average Bonchev–Trinajstić information content (AvgIpc) is 3.26. The number of carbonyl (C=O) groups is 2. The number of hydrazine groups is 1. The number of fused-ring (bicyclic) bond motifs is 1. The van der Waals surface area contributed by atoms with Crippen LogP contribution < -0.4 is 16.5 Å². The maximum atomic E-state index is 13.1. The van der Waals surface area contributed by atoms with Crippen molar-refractivity contribution in [3.05, 3.63) is 91.7 Å². The first-order chi connectivity index (χ1) is 15.3. The van der Waals surface area contributed by atoms with Crippen LogP contribution in [-0.4, -0.2) is 26.7 Å². The fourth-order valence-electron chi connectivity index (χ4n) is 3.18. The van der Waals surface area contributed by atoms with Gasteiger partial charge < -0.3 is 15.5 Å². The Kier molecular flexibility index (Phi) is 4.90. The van der Waals surface area contributed by atoms with Gasteiger partial charge in [0.2, 0.25) is 0 Å². The summed E-state index contributed by atoms with van der Waals surface area (Å²) < 4.78 is 5.22. The number of nitrogens with one attached hydrogen (secondary N) is 2. The average molecular weight is 438 g/mol. The highest BCUT2D eigenvalue weighted by Crippen LogP contribution is 2.34. The number of non-ortho nitro benzene ring substituents is 1. The Morgan fingerprint density at radius 2 is 1.84 bits per heavy atom. The molecule has 13 heteroatoms. The van der Waals surface area contributed by atoms with Gasteiger partial charge in [0.25, 0.3) is 17.5 Å². The van der Waals surface area contributed by atoms with E-state index in [0.717, 1.165) is 23.2 Å². The second kappa shape index (κ2) is 7.71. The summed E-state index contributed by atoms with van der Waals surface area (Å²) in [6.07, 6.45) is -1.14. The minimum atomic E-state index is -1.14. The zero-order chi connectivity index (χ0) is 23.0. The molecule has 1 atom stereocenters. The van der Waals surface area contributed by atoms with E-state index in [2.05, 4.69) is 10.7 Å². The molecule has 2 aromatic carbocycles. The van der Waals surface area contributed by atoms with Gasteiger partial charge in [-0.2, -0.15) is 0 Å². The van der Waals surface area contributed by atoms with Gasteiger partial charge in [0.05, 0.1) is 22.1 Å². The van der Waals surface area contributed by atoms with Crippen LogP contribution in [0.3, 0.4) is 0 Å². The van der Waals surface area contributed by atoms with Gasteiger partial charge in [0, 0.05) is 23.5 Å². The number of para-hydroxylation sites is 1. The molecule has 0 fully saturated rings. The number of nitro groups is 2. The van der Waals surface area contributed by atoms with Gasteiger partial charge >= 0.3 is 5.88 Å². The number of nitro benzene ring substituents is 1. The predicted octanol–water partition coefficient (Wildman–Crippen LogP) is 2.59. The van der Waals surface area contributed by atoms with E-state index in [-0.39, 0.29) is 28.3 Å². The zero-order valence-corrected chi connectivity index (χ0v) is 16.1. The Hall–Kier alpha value is -4.94. The first-order valence-electron chi connectivity index (χ1n) is 9.04. The molecule has 3 aromatic rings. The zero-order valence-electron chi connectivity index (χ0n) is 16.1. The van der Waals surface area contributed by atoms with Gasteiger partial charge in [-0.05, 0) is 24.3 Å². The van der Waals surface area contributed by atoms with Gasteiger partial charge in [-0.25, -0.2) is 5.01 Å². The molecular weight excluding hydrogens is 424 g/mol. The van der Waals surface area contributed by atoms with Crippen molar-refractivity contribution in [2.75, 3.05) is 11.1 Å². The molecule has 0 saturated heterocycles. The van der Waals surface area contributed by atoms with E-state index in [0.29, 0.717) is 5.69 Å². The normalized spacial score (nSPS) is 14.9. The van der Waals surface area contributed by atoms with Gasteiger partial charge in [-0.15, -0.1) is 0 Å². The van der Waals surface area contributed by atoms with E-state index < -0.39 is 33.7 Å². The molecule has 1 aliphatic rings. The molecule has 0 spiro atoms. The number of amides is 2. The monoisotopic (exact) mass is 438 g/mol. The Balaban J connectivity index is 1.73. The number of benzene rings is 2. The molecule has 0 radical (unpaired) electrons. The van der Waals surface area contributed by atoms with Crippen molar-refractivity contribution >= 4 is 34.8 Å². The molecule has 0 saturated carbocycles. The summed E-state index contributed by atoms with van der Waals surface area (Å²) >= 11 is 0. The molecule has 13 nitrogen and oxygen atoms in total. The summed E-state index contributed by atoms with van der Waals surface area (Å²) in [5.41, 5.74) is 8.16. The summed E-state index contributed by atoms with van der Waals surface area (Å²) in [7, 11) is 0. The highest BCUT2D eigenvalue weighted by Gasteiger charge is 2.37. The summed E-state index contributed by atoms with van der Waals surface area (Å²) in [6, 6.07) is 12.2. The number of hydrogen-bond acceptors (Lipinski definition) is 9. The van der Waals surface area contributed by atoms with Crippen LogP contribution in [0.2, 0.25) is 0 Å². The van der Waals surface area contributed by atoms with Crippen LogP contribution >= 0.6 is 0 Å². The minimum Gasteiger partial charge on any atom is -0.401 e. The standard InChI is InChI=1S/C19H14N6O7/c20-13-6-5-10(24(28)29)9-12(13)18(26)22-23-17(15-7-8-16(32-15)25(30)31)21-14-4-2-1-3-11(14)19(23)27/h1-9,17,21H,20H2,(H,22,26). The summed E-state index contributed by atoms with van der Waals surface area (Å²) in [4.78, 5) is 46.6. The molecule has 1 unspecified atom stereocenters. The smallest absolute Gasteiger partial charge is 0.401 e. The predicted molar refractivity (Wildman–Crippen MR) is 109 cm³/mol. The summed E-state index contributed by atoms with van der Waals surface area (Å²) in [5, 5.41) is 25.9. The Labute approximate surface area is 178 Å². The molecule has 0 bridgehead atoms. The lowest BCUT2D eigenvalue weighted by molar-refractivity contribution is -0.402. The minimum absolute atomic E-state index is 0.0214. The molecule has 2 heterocycles. The van der Waals surface area contributed by atoms with Crippen LogP contribution in [0.25, 0.3) is 0 Å². The van der Waals surface area contributed by atoms with Crippen LogP contribution in [-0.2, 0) is 0 Å². The van der Waals surface area contributed by atoms with Crippen molar-refractivity contribution in [3.8, 4) is 0 Å². The topological polar surface area (TPSA) is 187 Å². The van der Waals surface area contributed by atoms with E-state index in [4.69, 9.17) is 10.2 Å². The van der Waals surface area contributed by atoms with Crippen molar-refractivity contribution in [1.29, 1.82) is 0 Å². The third-order valence-electron chi connectivity index (χ3n) is 4.70. The molecule has 162 valence electrons. The third kappa shape index (κ3) is 3.54. The first-order valence-corrected chi connectivity index (χ1v) is 9.04. The van der Waals surface area contributed by atoms with E-state index in [9.17, 15) is 29.8 Å². The van der Waals surface area contributed by atoms with Crippen LogP contribution in [0.5, 0.6) is 0 Å². The molecule has 2 amide bonds. The quantitative estimate of drug-likeness (QED) is 0.305. The Bertz CT molecular complexity index is 1270. The number of nitrogen functional groups attached to an aromatic ring is 1. The Morgan fingerprint density at radius 3 is 2.53 bits per heavy atom. The number of nitrogens with zero attached hydrogens (tertiary/aromatic N) is 3. The molecule has 32 heavy (non-hydrogen) atoms. The second-order valence-corrected chi connectivity index (χ2v) is 6.67. The van der Waals surface area contributed by atoms with E-state index in [1.165, 1.54) is 18.2 Å². The van der Waals surface area contributed by atoms with Crippen molar-refractivity contribution in [2.24, 2.45) is 0 Å². The molecule has 0 aliphatic carbocycles. The lowest BCUT2D eigenvalue weighted by atomic mass is 10.1. The molecule has 1 aromatic heterocycles. The number of hydrogen-bond donors (Lipinski definition) is 3. The molecular formula is C19H14N6O7. The van der Waals surface area contributed by atoms with Gasteiger partial charge in [0.15, 0.2) is 11.9 Å². The second-order valence-electron chi connectivity index (χ2n) is 6.67. The van der Waals surface area contributed by atoms with Crippen molar-refractivity contribution < 1.29 is 23.9 Å². The maximum absolute atomic E-state index is 13.1. The van der Waals surface area contributed by atoms with Gasteiger partial charge in [-0.3, -0.25) is 35.2 Å². The highest BCUT2D eigenvalue weighted by molar-refractivity contribution is 6.05. The summed E-state index contributed by atoms with van der Waals surface area (Å²) in [6.45, 7) is 0. The maximum Gasteiger partial charge on any atom is 0.433 e. The van der Waals surface area contributed by atoms with Crippen molar-refractivity contribution in [1.82, 2.24) is 10.4 Å². The van der Waals surface area contributed by atoms with Crippen LogP contribution in [0, 0.1) is 20.2 Å². The fraction of sp³-hybridized carbons (Fsp3) is 0.0526. The lowest BCUT2D eigenvalue weighted by Crippen LogP contribution is -2.52. The number of nitrogens with two attached hydrogens (primary N) is 1. The fourth-order valence-corrected chi connectivity index (χ4v) is 3.18. The number of carbonyl (C=O) groups excluding carboxylic acids is 2. The number of anilines is 2. The van der Waals surface area contributed by atoms with E-state index in [1.54, 1.807) is 18.2 Å². The lowest BCUT2D eigenvalue weighted by Gasteiger charge is -2.36. The van der Waals surface area contributed by atoms with E-state index >= 15 is 0 Å². The highest BCUT2D eigenvalue weighted by atomic mass is 16.6. The van der Waals surface area contributed by atoms with Gasteiger partial charge in [0.1, 0.15) is 4.92 Å². The molecule has 1 aliphatic heterocycles. The molecule has 4 rings (SSSR count). The van der Waals surface area contributed by atoms with Crippen molar-refractivity contribution in [3.63, 3.8) is 0 Å². The number of rotatable bonds is 5.